The maximum atomic E-state index is 8.87. The molecule has 5 heteroatoms. The van der Waals surface area contributed by atoms with Crippen LogP contribution in [0, 0.1) is 11.3 Å². The third-order valence-electron chi connectivity index (χ3n) is 2.79. The molecule has 0 aliphatic heterocycles. The molecule has 0 amide bonds. The SMILES string of the molecule is COc1cc(C#N)ccc1NCc1ccc(CSC)o1. The molecule has 104 valence electrons. The number of anilines is 1. The summed E-state index contributed by atoms with van der Waals surface area (Å²) < 4.78 is 11.0. The summed E-state index contributed by atoms with van der Waals surface area (Å²) in [6.45, 7) is 0.580. The molecule has 1 heterocycles. The zero-order chi connectivity index (χ0) is 14.4. The highest BCUT2D eigenvalue weighted by molar-refractivity contribution is 7.97. The molecule has 0 atom stereocenters. The fraction of sp³-hybridized carbons (Fsp3) is 0.267. The van der Waals surface area contributed by atoms with E-state index in [2.05, 4.69) is 11.4 Å². The summed E-state index contributed by atoms with van der Waals surface area (Å²) >= 11 is 1.73. The largest absolute Gasteiger partial charge is 0.495 e. The van der Waals surface area contributed by atoms with E-state index in [1.807, 2.05) is 24.5 Å². The van der Waals surface area contributed by atoms with Crippen LogP contribution in [-0.4, -0.2) is 13.4 Å². The standard InChI is InChI=1S/C15H16N2O2S/c1-18-15-7-11(8-16)3-6-14(15)17-9-12-4-5-13(19-12)10-20-2/h3-7,17H,9-10H2,1-2H3. The van der Waals surface area contributed by atoms with E-state index >= 15 is 0 Å². The maximum absolute atomic E-state index is 8.87. The number of methoxy groups -OCH3 is 1. The van der Waals surface area contributed by atoms with Gasteiger partial charge in [-0.3, -0.25) is 0 Å². The number of nitrogens with one attached hydrogen (secondary N) is 1. The molecule has 0 unspecified atom stereocenters. The van der Waals surface area contributed by atoms with E-state index in [0.717, 1.165) is 23.0 Å². The number of nitriles is 1. The molecular weight excluding hydrogens is 272 g/mol. The number of benzene rings is 1. The second-order valence-corrected chi connectivity index (χ2v) is 5.05. The highest BCUT2D eigenvalue weighted by Gasteiger charge is 2.06. The van der Waals surface area contributed by atoms with Crippen molar-refractivity contribution in [3.05, 3.63) is 47.4 Å². The molecule has 0 aliphatic carbocycles. The van der Waals surface area contributed by atoms with E-state index in [-0.39, 0.29) is 0 Å². The van der Waals surface area contributed by atoms with Gasteiger partial charge in [0.05, 0.1) is 36.7 Å². The molecule has 0 saturated heterocycles. The molecule has 20 heavy (non-hydrogen) atoms. The minimum atomic E-state index is 0.577. The fourth-order valence-corrected chi connectivity index (χ4v) is 2.27. The minimum Gasteiger partial charge on any atom is -0.495 e. The van der Waals surface area contributed by atoms with Crippen LogP contribution >= 0.6 is 11.8 Å². The summed E-state index contributed by atoms with van der Waals surface area (Å²) in [5, 5.41) is 12.1. The average Bonchev–Trinajstić information content (AvgIpc) is 2.93. The Morgan fingerprint density at radius 1 is 1.30 bits per heavy atom. The molecule has 2 aromatic rings. The van der Waals surface area contributed by atoms with Crippen molar-refractivity contribution < 1.29 is 9.15 Å². The lowest BCUT2D eigenvalue weighted by molar-refractivity contribution is 0.416. The van der Waals surface area contributed by atoms with Gasteiger partial charge < -0.3 is 14.5 Å². The number of hydrogen-bond donors (Lipinski definition) is 1. The number of hydrogen-bond acceptors (Lipinski definition) is 5. The van der Waals surface area contributed by atoms with Gasteiger partial charge in [-0.2, -0.15) is 17.0 Å². The van der Waals surface area contributed by atoms with Crippen molar-refractivity contribution >= 4 is 17.4 Å². The maximum Gasteiger partial charge on any atom is 0.143 e. The van der Waals surface area contributed by atoms with Gasteiger partial charge >= 0.3 is 0 Å². The summed E-state index contributed by atoms with van der Waals surface area (Å²) in [6, 6.07) is 11.4. The summed E-state index contributed by atoms with van der Waals surface area (Å²) in [7, 11) is 1.59. The second-order valence-electron chi connectivity index (χ2n) is 4.18. The van der Waals surface area contributed by atoms with Crippen molar-refractivity contribution in [3.63, 3.8) is 0 Å². The second kappa shape index (κ2) is 6.92. The summed E-state index contributed by atoms with van der Waals surface area (Å²) in [5.74, 6) is 3.38. The van der Waals surface area contributed by atoms with Gasteiger partial charge in [-0.15, -0.1) is 0 Å². The smallest absolute Gasteiger partial charge is 0.143 e. The number of furan rings is 1. The summed E-state index contributed by atoms with van der Waals surface area (Å²) in [5.41, 5.74) is 1.42. The van der Waals surface area contributed by atoms with Gasteiger partial charge in [0.2, 0.25) is 0 Å². The Morgan fingerprint density at radius 2 is 2.10 bits per heavy atom. The highest BCUT2D eigenvalue weighted by Crippen LogP contribution is 2.26. The van der Waals surface area contributed by atoms with Crippen LogP contribution in [0.25, 0.3) is 0 Å². The van der Waals surface area contributed by atoms with Gasteiger partial charge in [-0.05, 0) is 30.5 Å². The lowest BCUT2D eigenvalue weighted by atomic mass is 10.2. The third-order valence-corrected chi connectivity index (χ3v) is 3.36. The van der Waals surface area contributed by atoms with Crippen LogP contribution in [0.3, 0.4) is 0 Å². The average molecular weight is 288 g/mol. The van der Waals surface area contributed by atoms with Crippen LogP contribution in [0.15, 0.2) is 34.7 Å². The van der Waals surface area contributed by atoms with Crippen molar-refractivity contribution in [2.75, 3.05) is 18.7 Å². The van der Waals surface area contributed by atoms with E-state index in [4.69, 9.17) is 14.4 Å². The van der Waals surface area contributed by atoms with Crippen molar-refractivity contribution in [2.24, 2.45) is 0 Å². The van der Waals surface area contributed by atoms with Crippen LogP contribution in [0.5, 0.6) is 5.75 Å². The first-order chi connectivity index (χ1) is 9.76. The van der Waals surface area contributed by atoms with Crippen LogP contribution < -0.4 is 10.1 Å². The Bertz CT molecular complexity index is 617. The number of thioether (sulfide) groups is 1. The predicted octanol–water partition coefficient (Wildman–Crippen LogP) is 3.63. The van der Waals surface area contributed by atoms with E-state index in [1.165, 1.54) is 0 Å². The molecule has 0 saturated carbocycles. The predicted molar refractivity (Wildman–Crippen MR) is 81.0 cm³/mol. The van der Waals surface area contributed by atoms with Gasteiger partial charge in [0.15, 0.2) is 0 Å². The molecule has 4 nitrogen and oxygen atoms in total. The lowest BCUT2D eigenvalue weighted by Gasteiger charge is -2.10. The Balaban J connectivity index is 2.04. The number of nitrogens with zero attached hydrogens (tertiary/aromatic N) is 1. The summed E-state index contributed by atoms with van der Waals surface area (Å²) in [4.78, 5) is 0. The Kier molecular flexibility index (Phi) is 4.97. The van der Waals surface area contributed by atoms with Gasteiger partial charge in [0.1, 0.15) is 17.3 Å². The first kappa shape index (κ1) is 14.4. The zero-order valence-electron chi connectivity index (χ0n) is 11.5. The van der Waals surface area contributed by atoms with Gasteiger partial charge in [0, 0.05) is 6.07 Å². The van der Waals surface area contributed by atoms with Crippen LogP contribution in [0.1, 0.15) is 17.1 Å². The van der Waals surface area contributed by atoms with Gasteiger partial charge in [-0.1, -0.05) is 0 Å². The topological polar surface area (TPSA) is 58.2 Å². The molecule has 0 bridgehead atoms. The number of ether oxygens (including phenoxy) is 1. The van der Waals surface area contributed by atoms with Crippen LogP contribution in [-0.2, 0) is 12.3 Å². The molecular formula is C15H16N2O2S. The Morgan fingerprint density at radius 3 is 2.80 bits per heavy atom. The molecule has 0 spiro atoms. The van der Waals surface area contributed by atoms with Gasteiger partial charge in [-0.25, -0.2) is 0 Å². The first-order valence-corrected chi connectivity index (χ1v) is 7.54. The Hall–Kier alpha value is -2.06. The molecule has 0 aliphatic rings. The van der Waals surface area contributed by atoms with E-state index in [0.29, 0.717) is 17.9 Å². The van der Waals surface area contributed by atoms with Crippen molar-refractivity contribution in [2.45, 2.75) is 12.3 Å². The Labute approximate surface area is 122 Å². The molecule has 2 rings (SSSR count). The molecule has 0 radical (unpaired) electrons. The lowest BCUT2D eigenvalue weighted by Crippen LogP contribution is -2.00. The van der Waals surface area contributed by atoms with Gasteiger partial charge in [0.25, 0.3) is 0 Å². The highest BCUT2D eigenvalue weighted by atomic mass is 32.2. The summed E-state index contributed by atoms with van der Waals surface area (Å²) in [6.07, 6.45) is 2.04. The normalized spacial score (nSPS) is 10.1. The zero-order valence-corrected chi connectivity index (χ0v) is 12.3. The molecule has 1 aromatic heterocycles. The molecule has 1 aromatic carbocycles. The van der Waals surface area contributed by atoms with E-state index in [1.54, 1.807) is 31.0 Å². The fourth-order valence-electron chi connectivity index (χ4n) is 1.83. The number of rotatable bonds is 6. The van der Waals surface area contributed by atoms with E-state index < -0.39 is 0 Å². The van der Waals surface area contributed by atoms with Crippen LogP contribution in [0.4, 0.5) is 5.69 Å². The quantitative estimate of drug-likeness (QED) is 0.879. The molecule has 0 fully saturated rings. The van der Waals surface area contributed by atoms with Crippen molar-refractivity contribution in [1.29, 1.82) is 5.26 Å². The van der Waals surface area contributed by atoms with Crippen LogP contribution in [0.2, 0.25) is 0 Å². The minimum absolute atomic E-state index is 0.577. The van der Waals surface area contributed by atoms with Crippen molar-refractivity contribution in [3.8, 4) is 11.8 Å². The first-order valence-electron chi connectivity index (χ1n) is 6.15. The van der Waals surface area contributed by atoms with Crippen molar-refractivity contribution in [1.82, 2.24) is 0 Å². The third kappa shape index (κ3) is 3.49. The monoisotopic (exact) mass is 288 g/mol. The van der Waals surface area contributed by atoms with E-state index in [9.17, 15) is 0 Å². The molecule has 1 N–H and O–H groups in total.